The lowest BCUT2D eigenvalue weighted by Crippen LogP contribution is -2.45. The maximum absolute atomic E-state index is 12.3. The monoisotopic (exact) mass is 790 g/mol. The fraction of sp³-hybridized carbons (Fsp3) is 0.679. The van der Waals surface area contributed by atoms with E-state index < -0.39 is 12.1 Å². The molecule has 0 heterocycles. The van der Waals surface area contributed by atoms with Crippen molar-refractivity contribution < 1.29 is 15.0 Å². The second-order valence-corrected chi connectivity index (χ2v) is 15.8. The zero-order valence-corrected chi connectivity index (χ0v) is 37.3. The largest absolute Gasteiger partial charge is 0.394 e. The summed E-state index contributed by atoms with van der Waals surface area (Å²) in [5, 5.41) is 22.7. The maximum Gasteiger partial charge on any atom is 0.220 e. The molecular formula is C53H91NO3. The van der Waals surface area contributed by atoms with Crippen LogP contribution in [-0.4, -0.2) is 34.9 Å². The summed E-state index contributed by atoms with van der Waals surface area (Å²) in [5.41, 5.74) is 0. The highest BCUT2D eigenvalue weighted by Gasteiger charge is 2.17. The highest BCUT2D eigenvalue weighted by molar-refractivity contribution is 5.76. The van der Waals surface area contributed by atoms with Crippen LogP contribution in [0.1, 0.15) is 213 Å². The van der Waals surface area contributed by atoms with Crippen molar-refractivity contribution in [1.29, 1.82) is 0 Å². The number of nitrogens with one attached hydrogen (secondary N) is 1. The number of aliphatic hydroxyl groups excluding tert-OH is 2. The smallest absolute Gasteiger partial charge is 0.220 e. The summed E-state index contributed by atoms with van der Waals surface area (Å²) in [4.78, 5) is 12.3. The van der Waals surface area contributed by atoms with E-state index in [1.807, 2.05) is 6.08 Å². The average molecular weight is 790 g/mol. The first-order valence-corrected chi connectivity index (χ1v) is 24.0. The van der Waals surface area contributed by atoms with Crippen molar-refractivity contribution in [2.75, 3.05) is 6.61 Å². The first kappa shape index (κ1) is 54.3. The summed E-state index contributed by atoms with van der Waals surface area (Å²) >= 11 is 0. The fourth-order valence-corrected chi connectivity index (χ4v) is 6.69. The highest BCUT2D eigenvalue weighted by Crippen LogP contribution is 2.15. The van der Waals surface area contributed by atoms with Gasteiger partial charge in [-0.2, -0.15) is 0 Å². The Labute approximate surface area is 353 Å². The van der Waals surface area contributed by atoms with E-state index in [1.165, 1.54) is 122 Å². The molecule has 0 saturated carbocycles. The van der Waals surface area contributed by atoms with E-state index in [2.05, 4.69) is 104 Å². The summed E-state index contributed by atoms with van der Waals surface area (Å²) in [6, 6.07) is -0.621. The van der Waals surface area contributed by atoms with Crippen molar-refractivity contribution in [1.82, 2.24) is 5.32 Å². The first-order valence-electron chi connectivity index (χ1n) is 24.0. The molecule has 0 aromatic rings. The molecule has 4 nitrogen and oxygen atoms in total. The van der Waals surface area contributed by atoms with Gasteiger partial charge in [-0.1, -0.05) is 227 Å². The van der Waals surface area contributed by atoms with Crippen molar-refractivity contribution in [3.05, 3.63) is 97.2 Å². The molecule has 0 rings (SSSR count). The van der Waals surface area contributed by atoms with Crippen LogP contribution in [0.2, 0.25) is 0 Å². The molecule has 0 radical (unpaired) electrons. The van der Waals surface area contributed by atoms with Crippen LogP contribution in [0.3, 0.4) is 0 Å². The van der Waals surface area contributed by atoms with Crippen LogP contribution in [0, 0.1) is 0 Å². The first-order chi connectivity index (χ1) is 28.2. The molecule has 0 aliphatic carbocycles. The van der Waals surface area contributed by atoms with Crippen molar-refractivity contribution in [2.24, 2.45) is 0 Å². The topological polar surface area (TPSA) is 69.6 Å². The molecule has 2 unspecified atom stereocenters. The molecule has 3 N–H and O–H groups in total. The van der Waals surface area contributed by atoms with Gasteiger partial charge in [0.2, 0.25) is 5.91 Å². The lowest BCUT2D eigenvalue weighted by atomic mass is 10.0. The van der Waals surface area contributed by atoms with E-state index in [-0.39, 0.29) is 12.5 Å². The molecule has 1 amide bonds. The van der Waals surface area contributed by atoms with Crippen molar-refractivity contribution in [3.63, 3.8) is 0 Å². The van der Waals surface area contributed by atoms with E-state index in [9.17, 15) is 15.0 Å². The van der Waals surface area contributed by atoms with Gasteiger partial charge in [-0.15, -0.1) is 0 Å². The minimum Gasteiger partial charge on any atom is -0.394 e. The third-order valence-corrected chi connectivity index (χ3v) is 10.3. The average Bonchev–Trinajstić information content (AvgIpc) is 3.22. The number of carbonyl (C=O) groups excluding carboxylic acids is 1. The van der Waals surface area contributed by atoms with Crippen LogP contribution in [0.25, 0.3) is 0 Å². The number of carbonyl (C=O) groups is 1. The van der Waals surface area contributed by atoms with Gasteiger partial charge in [-0.25, -0.2) is 0 Å². The highest BCUT2D eigenvalue weighted by atomic mass is 16.3. The lowest BCUT2D eigenvalue weighted by molar-refractivity contribution is -0.123. The Morgan fingerprint density at radius 1 is 0.439 bits per heavy atom. The molecule has 326 valence electrons. The van der Waals surface area contributed by atoms with E-state index in [4.69, 9.17) is 0 Å². The Bertz CT molecular complexity index is 1080. The molecule has 0 aromatic carbocycles. The van der Waals surface area contributed by atoms with Crippen LogP contribution in [0.15, 0.2) is 97.2 Å². The molecule has 2 atom stereocenters. The van der Waals surface area contributed by atoms with Gasteiger partial charge in [-0.05, 0) is 77.0 Å². The molecule has 0 fully saturated rings. The zero-order valence-electron chi connectivity index (χ0n) is 37.3. The molecule has 0 bridgehead atoms. The number of unbranched alkanes of at least 4 members (excludes halogenated alkanes) is 21. The van der Waals surface area contributed by atoms with Crippen LogP contribution in [-0.2, 0) is 4.79 Å². The van der Waals surface area contributed by atoms with Gasteiger partial charge in [0.1, 0.15) is 0 Å². The quantitative estimate of drug-likeness (QED) is 0.0426. The number of hydrogen-bond acceptors (Lipinski definition) is 3. The van der Waals surface area contributed by atoms with Gasteiger partial charge in [0.25, 0.3) is 0 Å². The lowest BCUT2D eigenvalue weighted by Gasteiger charge is -2.20. The molecule has 0 aliphatic heterocycles. The Morgan fingerprint density at radius 3 is 1.16 bits per heavy atom. The van der Waals surface area contributed by atoms with Gasteiger partial charge >= 0.3 is 0 Å². The van der Waals surface area contributed by atoms with Crippen molar-refractivity contribution in [2.45, 2.75) is 225 Å². The number of amides is 1. The molecule has 4 heteroatoms. The Hall–Kier alpha value is -2.69. The van der Waals surface area contributed by atoms with Crippen molar-refractivity contribution in [3.8, 4) is 0 Å². The number of hydrogen-bond donors (Lipinski definition) is 3. The third-order valence-electron chi connectivity index (χ3n) is 10.3. The van der Waals surface area contributed by atoms with Crippen LogP contribution < -0.4 is 5.32 Å². The Morgan fingerprint density at radius 2 is 0.772 bits per heavy atom. The van der Waals surface area contributed by atoms with E-state index >= 15 is 0 Å². The van der Waals surface area contributed by atoms with Gasteiger partial charge in [-0.3, -0.25) is 4.79 Å². The normalized spacial score (nSPS) is 13.8. The standard InChI is InChI=1S/C53H91NO3/c1-3-5-7-9-11-12-13-14-15-16-17-18-19-20-21-22-23-24-25-26-27-28-29-30-31-32-33-34-35-36-37-38-39-40-41-42-43-45-47-49-53(57)54-51(50-55)52(56)48-46-44-10-8-6-4-2/h5,7,11-12,14-15,17-18,20-21,23-24,26-27,46,48,51-52,55-56H,3-4,6,8-10,13,16,19,22,25,28-45,47,49-50H2,1-2H3,(H,54,57)/b7-5-,12-11-,15-14-,18-17-,21-20-,24-23-,27-26-,48-46+. The van der Waals surface area contributed by atoms with Gasteiger partial charge in [0, 0.05) is 6.42 Å². The summed E-state index contributed by atoms with van der Waals surface area (Å²) < 4.78 is 0. The molecule has 0 spiro atoms. The minimum atomic E-state index is -0.838. The summed E-state index contributed by atoms with van der Waals surface area (Å²) in [6.07, 6.45) is 71.4. The van der Waals surface area contributed by atoms with Gasteiger partial charge in [0.15, 0.2) is 0 Å². The van der Waals surface area contributed by atoms with Crippen LogP contribution in [0.4, 0.5) is 0 Å². The van der Waals surface area contributed by atoms with Gasteiger partial charge in [0.05, 0.1) is 18.8 Å². The van der Waals surface area contributed by atoms with Crippen LogP contribution in [0.5, 0.6) is 0 Å². The third kappa shape index (κ3) is 44.3. The van der Waals surface area contributed by atoms with Crippen LogP contribution >= 0.6 is 0 Å². The Kier molecular flexibility index (Phi) is 45.4. The fourth-order valence-electron chi connectivity index (χ4n) is 6.69. The van der Waals surface area contributed by atoms with Crippen molar-refractivity contribution >= 4 is 5.91 Å². The van der Waals surface area contributed by atoms with E-state index in [0.717, 1.165) is 70.6 Å². The maximum atomic E-state index is 12.3. The predicted molar refractivity (Wildman–Crippen MR) is 253 cm³/mol. The molecule has 0 saturated heterocycles. The number of allylic oxidation sites excluding steroid dienone is 15. The molecule has 57 heavy (non-hydrogen) atoms. The molecular weight excluding hydrogens is 699 g/mol. The predicted octanol–water partition coefficient (Wildman–Crippen LogP) is 15.4. The second kappa shape index (κ2) is 47.7. The number of rotatable bonds is 42. The SMILES string of the molecule is CC/C=C\C/C=C\C/C=C\C/C=C\C/C=C\C/C=C\C/C=C\CCCCCCCCCCCCCCCCCCCC(=O)NC(CO)C(O)/C=C/CCCCCC. The van der Waals surface area contributed by atoms with E-state index in [0.29, 0.717) is 6.42 Å². The number of aliphatic hydroxyl groups is 2. The summed E-state index contributed by atoms with van der Waals surface area (Å²) in [6.45, 7) is 4.11. The van der Waals surface area contributed by atoms with Gasteiger partial charge < -0.3 is 15.5 Å². The zero-order chi connectivity index (χ0) is 41.4. The minimum absolute atomic E-state index is 0.0724. The molecule has 0 aliphatic rings. The Balaban J connectivity index is 3.46. The summed E-state index contributed by atoms with van der Waals surface area (Å²) in [7, 11) is 0. The summed E-state index contributed by atoms with van der Waals surface area (Å²) in [5.74, 6) is -0.0724. The second-order valence-electron chi connectivity index (χ2n) is 15.8. The van der Waals surface area contributed by atoms with E-state index in [1.54, 1.807) is 6.08 Å². The molecule has 0 aromatic heterocycles.